The molecule has 0 radical (unpaired) electrons. The molecule has 0 spiro atoms. The highest BCUT2D eigenvalue weighted by atomic mass is 16.3. The summed E-state index contributed by atoms with van der Waals surface area (Å²) in [5.41, 5.74) is 1.19. The third-order valence-corrected chi connectivity index (χ3v) is 5.84. The minimum absolute atomic E-state index is 0.0620. The Morgan fingerprint density at radius 1 is 1.16 bits per heavy atom. The van der Waals surface area contributed by atoms with Crippen molar-refractivity contribution in [2.75, 3.05) is 0 Å². The highest BCUT2D eigenvalue weighted by Crippen LogP contribution is 2.36. The van der Waals surface area contributed by atoms with E-state index < -0.39 is 18.3 Å². The van der Waals surface area contributed by atoms with Crippen molar-refractivity contribution in [3.8, 4) is 0 Å². The zero-order chi connectivity index (χ0) is 22.6. The molecule has 1 saturated carbocycles. The Labute approximate surface area is 186 Å². The van der Waals surface area contributed by atoms with E-state index in [0.29, 0.717) is 25.7 Å². The van der Waals surface area contributed by atoms with Crippen molar-refractivity contribution in [2.45, 2.75) is 83.1 Å². The van der Waals surface area contributed by atoms with Crippen molar-refractivity contribution in [1.29, 1.82) is 0 Å². The fourth-order valence-electron chi connectivity index (χ4n) is 4.16. The lowest BCUT2D eigenvalue weighted by Gasteiger charge is -2.19. The van der Waals surface area contributed by atoms with E-state index in [9.17, 15) is 20.1 Å². The summed E-state index contributed by atoms with van der Waals surface area (Å²) in [6.07, 6.45) is 10.6. The van der Waals surface area contributed by atoms with E-state index in [1.807, 2.05) is 56.3 Å². The van der Waals surface area contributed by atoms with Gasteiger partial charge in [0.25, 0.3) is 0 Å². The fourth-order valence-corrected chi connectivity index (χ4v) is 4.16. The molecule has 1 fully saturated rings. The smallest absolute Gasteiger partial charge is 0.220 e. The summed E-state index contributed by atoms with van der Waals surface area (Å²) in [6, 6.07) is 10.2. The molecule has 1 aliphatic rings. The van der Waals surface area contributed by atoms with Gasteiger partial charge in [0.2, 0.25) is 5.91 Å². The van der Waals surface area contributed by atoms with Gasteiger partial charge in [0.1, 0.15) is 0 Å². The van der Waals surface area contributed by atoms with E-state index in [1.54, 1.807) is 6.08 Å². The van der Waals surface area contributed by atoms with E-state index in [-0.39, 0.29) is 23.8 Å². The number of aryl methyl sites for hydroxylation is 1. The van der Waals surface area contributed by atoms with Crippen molar-refractivity contribution in [2.24, 2.45) is 11.8 Å². The first kappa shape index (κ1) is 25.3. The zero-order valence-corrected chi connectivity index (χ0v) is 18.9. The topological polar surface area (TPSA) is 89.8 Å². The Morgan fingerprint density at radius 2 is 1.90 bits per heavy atom. The SMILES string of the molecule is CC(C)NC(=O)CCCC=CCC1C(O)CC(O)C1C=CC(O)CCc1ccccc1. The number of amides is 1. The van der Waals surface area contributed by atoms with Crippen LogP contribution in [-0.4, -0.2) is 45.6 Å². The Balaban J connectivity index is 1.77. The molecule has 1 aliphatic carbocycles. The van der Waals surface area contributed by atoms with Crippen LogP contribution in [0.2, 0.25) is 0 Å². The van der Waals surface area contributed by atoms with Crippen LogP contribution in [0.25, 0.3) is 0 Å². The molecule has 0 aliphatic heterocycles. The normalized spacial score (nSPS) is 25.0. The second kappa shape index (κ2) is 13.5. The molecule has 0 bridgehead atoms. The van der Waals surface area contributed by atoms with Crippen LogP contribution in [0, 0.1) is 11.8 Å². The zero-order valence-electron chi connectivity index (χ0n) is 18.9. The number of benzene rings is 1. The molecule has 0 heterocycles. The summed E-state index contributed by atoms with van der Waals surface area (Å²) in [6.45, 7) is 3.90. The summed E-state index contributed by atoms with van der Waals surface area (Å²) in [5, 5.41) is 33.9. The molecule has 31 heavy (non-hydrogen) atoms. The molecule has 2 rings (SSSR count). The molecule has 5 atom stereocenters. The first-order chi connectivity index (χ1) is 14.9. The molecule has 4 N–H and O–H groups in total. The second-order valence-corrected chi connectivity index (χ2v) is 8.91. The number of hydrogen-bond donors (Lipinski definition) is 4. The monoisotopic (exact) mass is 429 g/mol. The largest absolute Gasteiger partial charge is 0.393 e. The van der Waals surface area contributed by atoms with E-state index in [2.05, 4.69) is 11.4 Å². The van der Waals surface area contributed by atoms with Gasteiger partial charge < -0.3 is 20.6 Å². The summed E-state index contributed by atoms with van der Waals surface area (Å²) in [5.74, 6) is -0.148. The minimum atomic E-state index is -0.592. The van der Waals surface area contributed by atoms with Gasteiger partial charge >= 0.3 is 0 Å². The third kappa shape index (κ3) is 9.38. The van der Waals surface area contributed by atoms with Gasteiger partial charge in [-0.05, 0) is 57.4 Å². The lowest BCUT2D eigenvalue weighted by atomic mass is 9.89. The molecule has 0 saturated heterocycles. The van der Waals surface area contributed by atoms with Gasteiger partial charge in [-0.1, -0.05) is 54.6 Å². The number of aliphatic hydroxyl groups excluding tert-OH is 3. The fraction of sp³-hybridized carbons (Fsp3) is 0.577. The average molecular weight is 430 g/mol. The van der Waals surface area contributed by atoms with Crippen LogP contribution in [0.15, 0.2) is 54.6 Å². The summed E-state index contributed by atoms with van der Waals surface area (Å²) in [4.78, 5) is 11.6. The quantitative estimate of drug-likeness (QED) is 0.302. The van der Waals surface area contributed by atoms with E-state index in [0.717, 1.165) is 19.3 Å². The van der Waals surface area contributed by atoms with Crippen molar-refractivity contribution in [3.05, 3.63) is 60.2 Å². The van der Waals surface area contributed by atoms with E-state index in [1.165, 1.54) is 5.56 Å². The lowest BCUT2D eigenvalue weighted by molar-refractivity contribution is -0.121. The van der Waals surface area contributed by atoms with Gasteiger partial charge in [-0.25, -0.2) is 0 Å². The highest BCUT2D eigenvalue weighted by Gasteiger charge is 2.39. The molecule has 1 aromatic rings. The van der Waals surface area contributed by atoms with Crippen LogP contribution in [0.4, 0.5) is 0 Å². The van der Waals surface area contributed by atoms with E-state index >= 15 is 0 Å². The van der Waals surface area contributed by atoms with Gasteiger partial charge in [0.05, 0.1) is 18.3 Å². The van der Waals surface area contributed by atoms with Gasteiger partial charge in [0.15, 0.2) is 0 Å². The Bertz CT molecular complexity index is 701. The molecule has 1 amide bonds. The van der Waals surface area contributed by atoms with Crippen LogP contribution in [-0.2, 0) is 11.2 Å². The molecule has 5 nitrogen and oxygen atoms in total. The summed E-state index contributed by atoms with van der Waals surface area (Å²) >= 11 is 0. The Hall–Kier alpha value is -1.95. The van der Waals surface area contributed by atoms with Crippen LogP contribution in [0.3, 0.4) is 0 Å². The Kier molecular flexibility index (Phi) is 11.0. The van der Waals surface area contributed by atoms with Crippen molar-refractivity contribution >= 4 is 5.91 Å². The van der Waals surface area contributed by atoms with Crippen LogP contribution >= 0.6 is 0 Å². The first-order valence-corrected chi connectivity index (χ1v) is 11.6. The molecule has 5 unspecified atom stereocenters. The maximum absolute atomic E-state index is 11.6. The van der Waals surface area contributed by atoms with Gasteiger partial charge in [0, 0.05) is 24.8 Å². The predicted molar refractivity (Wildman–Crippen MR) is 124 cm³/mol. The lowest BCUT2D eigenvalue weighted by Crippen LogP contribution is -2.29. The molecule has 5 heteroatoms. The first-order valence-electron chi connectivity index (χ1n) is 11.6. The Morgan fingerprint density at radius 3 is 2.61 bits per heavy atom. The van der Waals surface area contributed by atoms with Crippen molar-refractivity contribution < 1.29 is 20.1 Å². The number of carbonyl (C=O) groups excluding carboxylic acids is 1. The summed E-state index contributed by atoms with van der Waals surface area (Å²) < 4.78 is 0. The second-order valence-electron chi connectivity index (χ2n) is 8.91. The molecule has 0 aromatic heterocycles. The van der Waals surface area contributed by atoms with Crippen molar-refractivity contribution in [1.82, 2.24) is 5.32 Å². The number of carbonyl (C=O) groups is 1. The molecule has 172 valence electrons. The van der Waals surface area contributed by atoms with Crippen molar-refractivity contribution in [3.63, 3.8) is 0 Å². The number of aliphatic hydroxyl groups is 3. The number of unbranched alkanes of at least 4 members (excludes halogenated alkanes) is 1. The average Bonchev–Trinajstić information content (AvgIpc) is 3.00. The number of nitrogens with one attached hydrogen (secondary N) is 1. The minimum Gasteiger partial charge on any atom is -0.393 e. The van der Waals surface area contributed by atoms with Crippen LogP contribution in [0.1, 0.15) is 57.9 Å². The molecular formula is C26H39NO4. The maximum Gasteiger partial charge on any atom is 0.220 e. The predicted octanol–water partition coefficient (Wildman–Crippen LogP) is 3.54. The molecular weight excluding hydrogens is 390 g/mol. The molecule has 1 aromatic carbocycles. The maximum atomic E-state index is 11.6. The van der Waals surface area contributed by atoms with E-state index in [4.69, 9.17) is 0 Å². The number of hydrogen-bond acceptors (Lipinski definition) is 4. The standard InChI is InChI=1S/C26H39NO4/c1-19(2)27-26(31)13-9-4-3-8-12-22-23(25(30)18-24(22)29)17-16-21(28)15-14-20-10-6-5-7-11-20/h3,5-8,10-11,16-17,19,21-25,28-30H,4,9,12-15,18H2,1-2H3,(H,27,31). The van der Waals surface area contributed by atoms with Crippen LogP contribution in [0.5, 0.6) is 0 Å². The number of rotatable bonds is 12. The van der Waals surface area contributed by atoms with Gasteiger partial charge in [-0.2, -0.15) is 0 Å². The van der Waals surface area contributed by atoms with Crippen LogP contribution < -0.4 is 5.32 Å². The highest BCUT2D eigenvalue weighted by molar-refractivity contribution is 5.76. The van der Waals surface area contributed by atoms with Gasteiger partial charge in [-0.15, -0.1) is 0 Å². The third-order valence-electron chi connectivity index (χ3n) is 5.84. The van der Waals surface area contributed by atoms with Gasteiger partial charge in [-0.3, -0.25) is 4.79 Å². The number of allylic oxidation sites excluding steroid dienone is 2. The summed E-state index contributed by atoms with van der Waals surface area (Å²) in [7, 11) is 0.